The fraction of sp³-hybridized carbons (Fsp3) is 0.833. The molecule has 1 saturated heterocycles. The predicted octanol–water partition coefficient (Wildman–Crippen LogP) is 0.524. The van der Waals surface area contributed by atoms with Crippen molar-refractivity contribution in [1.29, 1.82) is 0 Å². The molecule has 0 spiro atoms. The number of carbonyl (C=O) groups excluding carboxylic acids is 1. The molecule has 0 radical (unpaired) electrons. The third kappa shape index (κ3) is 3.91. The molecular formula is C12H24N4O. The Morgan fingerprint density at radius 1 is 1.47 bits per heavy atom. The van der Waals surface area contributed by atoms with E-state index in [1.165, 1.54) is 0 Å². The molecule has 0 aromatic heterocycles. The van der Waals surface area contributed by atoms with Crippen LogP contribution in [0.2, 0.25) is 0 Å². The Labute approximate surface area is 104 Å². The summed E-state index contributed by atoms with van der Waals surface area (Å²) in [5, 5.41) is 3.41. The Hall–Kier alpha value is -1.26. The minimum Gasteiger partial charge on any atom is -0.352 e. The first-order valence-corrected chi connectivity index (χ1v) is 6.34. The van der Waals surface area contributed by atoms with Gasteiger partial charge in [0.05, 0.1) is 0 Å². The third-order valence-electron chi connectivity index (χ3n) is 2.91. The average Bonchev–Trinajstić information content (AvgIpc) is 2.76. The molecule has 0 aliphatic carbocycles. The maximum Gasteiger partial charge on any atom is 0.222 e. The molecule has 0 aromatic rings. The summed E-state index contributed by atoms with van der Waals surface area (Å²) in [4.78, 5) is 19.9. The lowest BCUT2D eigenvalue weighted by Crippen LogP contribution is -2.44. The smallest absolute Gasteiger partial charge is 0.222 e. The summed E-state index contributed by atoms with van der Waals surface area (Å²) < 4.78 is 0. The molecule has 1 atom stereocenters. The SMILES string of the molecule is CCN=C(NC1CCN(C(=O)CC)C1)N(C)C. The van der Waals surface area contributed by atoms with Gasteiger partial charge in [0.15, 0.2) is 5.96 Å². The summed E-state index contributed by atoms with van der Waals surface area (Å²) in [6.07, 6.45) is 1.60. The lowest BCUT2D eigenvalue weighted by atomic mass is 10.3. The van der Waals surface area contributed by atoms with Crippen molar-refractivity contribution in [2.45, 2.75) is 32.7 Å². The number of aliphatic imine (C=N–C) groups is 1. The normalized spacial score (nSPS) is 20.6. The van der Waals surface area contributed by atoms with Gasteiger partial charge >= 0.3 is 0 Å². The molecule has 5 nitrogen and oxygen atoms in total. The Bertz CT molecular complexity index is 288. The molecule has 1 N–H and O–H groups in total. The summed E-state index contributed by atoms with van der Waals surface area (Å²) in [7, 11) is 3.96. The third-order valence-corrected chi connectivity index (χ3v) is 2.91. The van der Waals surface area contributed by atoms with Gasteiger partial charge in [-0.25, -0.2) is 0 Å². The van der Waals surface area contributed by atoms with Crippen LogP contribution in [0.4, 0.5) is 0 Å². The molecule has 1 aliphatic rings. The minimum atomic E-state index is 0.244. The van der Waals surface area contributed by atoms with Gasteiger partial charge in [0.1, 0.15) is 0 Å². The zero-order valence-corrected chi connectivity index (χ0v) is 11.4. The second-order valence-electron chi connectivity index (χ2n) is 4.52. The first-order chi connectivity index (χ1) is 8.08. The van der Waals surface area contributed by atoms with E-state index in [0.717, 1.165) is 32.0 Å². The number of carbonyl (C=O) groups is 1. The number of guanidine groups is 1. The zero-order valence-electron chi connectivity index (χ0n) is 11.4. The first-order valence-electron chi connectivity index (χ1n) is 6.34. The number of hydrogen-bond donors (Lipinski definition) is 1. The molecule has 1 rings (SSSR count). The molecule has 0 aromatic carbocycles. The highest BCUT2D eigenvalue weighted by atomic mass is 16.2. The molecule has 5 heteroatoms. The summed E-state index contributed by atoms with van der Waals surface area (Å²) in [5.74, 6) is 1.15. The van der Waals surface area contributed by atoms with E-state index >= 15 is 0 Å². The molecule has 0 saturated carbocycles. The lowest BCUT2D eigenvalue weighted by molar-refractivity contribution is -0.129. The van der Waals surface area contributed by atoms with Crippen molar-refractivity contribution in [1.82, 2.24) is 15.1 Å². The summed E-state index contributed by atoms with van der Waals surface area (Å²) in [6.45, 7) is 6.35. The highest BCUT2D eigenvalue weighted by Crippen LogP contribution is 2.10. The van der Waals surface area contributed by atoms with Crippen LogP contribution >= 0.6 is 0 Å². The monoisotopic (exact) mass is 240 g/mol. The van der Waals surface area contributed by atoms with Crippen LogP contribution in [-0.4, -0.2) is 61.4 Å². The molecule has 1 fully saturated rings. The summed E-state index contributed by atoms with van der Waals surface area (Å²) in [5.41, 5.74) is 0. The number of likely N-dealkylation sites (tertiary alicyclic amines) is 1. The van der Waals surface area contributed by atoms with Crippen LogP contribution in [0.25, 0.3) is 0 Å². The van der Waals surface area contributed by atoms with Gasteiger partial charge in [-0.1, -0.05) is 6.92 Å². The zero-order chi connectivity index (χ0) is 12.8. The lowest BCUT2D eigenvalue weighted by Gasteiger charge is -2.22. The van der Waals surface area contributed by atoms with Crippen molar-refractivity contribution in [3.8, 4) is 0 Å². The second-order valence-corrected chi connectivity index (χ2v) is 4.52. The van der Waals surface area contributed by atoms with E-state index in [1.807, 2.05) is 37.7 Å². The van der Waals surface area contributed by atoms with Crippen molar-refractivity contribution in [2.24, 2.45) is 4.99 Å². The van der Waals surface area contributed by atoms with Crippen LogP contribution in [0.1, 0.15) is 26.7 Å². The number of nitrogens with zero attached hydrogens (tertiary/aromatic N) is 3. The van der Waals surface area contributed by atoms with Gasteiger partial charge < -0.3 is 15.1 Å². The van der Waals surface area contributed by atoms with E-state index in [-0.39, 0.29) is 5.91 Å². The molecule has 17 heavy (non-hydrogen) atoms. The van der Waals surface area contributed by atoms with Gasteiger partial charge in [0.25, 0.3) is 0 Å². The van der Waals surface area contributed by atoms with Gasteiger partial charge in [-0.3, -0.25) is 9.79 Å². The number of rotatable bonds is 3. The quantitative estimate of drug-likeness (QED) is 0.578. The number of hydrogen-bond acceptors (Lipinski definition) is 2. The maximum absolute atomic E-state index is 11.6. The minimum absolute atomic E-state index is 0.244. The van der Waals surface area contributed by atoms with Gasteiger partial charge in [0.2, 0.25) is 5.91 Å². The van der Waals surface area contributed by atoms with Crippen molar-refractivity contribution in [2.75, 3.05) is 33.7 Å². The van der Waals surface area contributed by atoms with E-state index in [4.69, 9.17) is 0 Å². The van der Waals surface area contributed by atoms with Gasteiger partial charge in [-0.2, -0.15) is 0 Å². The van der Waals surface area contributed by atoms with Crippen LogP contribution in [0.3, 0.4) is 0 Å². The predicted molar refractivity (Wildman–Crippen MR) is 70.1 cm³/mol. The highest BCUT2D eigenvalue weighted by Gasteiger charge is 2.25. The molecule has 1 aliphatic heterocycles. The fourth-order valence-corrected chi connectivity index (χ4v) is 1.98. The van der Waals surface area contributed by atoms with Gasteiger partial charge in [-0.05, 0) is 13.3 Å². The topological polar surface area (TPSA) is 47.9 Å². The van der Waals surface area contributed by atoms with E-state index < -0.39 is 0 Å². The van der Waals surface area contributed by atoms with E-state index in [1.54, 1.807) is 0 Å². The summed E-state index contributed by atoms with van der Waals surface area (Å²) in [6, 6.07) is 0.332. The Morgan fingerprint density at radius 2 is 2.18 bits per heavy atom. The first kappa shape index (κ1) is 13.8. The van der Waals surface area contributed by atoms with Crippen molar-refractivity contribution in [3.63, 3.8) is 0 Å². The van der Waals surface area contributed by atoms with E-state index in [0.29, 0.717) is 12.5 Å². The molecule has 1 heterocycles. The maximum atomic E-state index is 11.6. The summed E-state index contributed by atoms with van der Waals surface area (Å²) >= 11 is 0. The average molecular weight is 240 g/mol. The second kappa shape index (κ2) is 6.47. The molecule has 1 unspecified atom stereocenters. The highest BCUT2D eigenvalue weighted by molar-refractivity contribution is 5.80. The van der Waals surface area contributed by atoms with Crippen molar-refractivity contribution >= 4 is 11.9 Å². The molecular weight excluding hydrogens is 216 g/mol. The van der Waals surface area contributed by atoms with Crippen molar-refractivity contribution in [3.05, 3.63) is 0 Å². The number of nitrogens with one attached hydrogen (secondary N) is 1. The van der Waals surface area contributed by atoms with E-state index in [2.05, 4.69) is 10.3 Å². The molecule has 98 valence electrons. The van der Waals surface area contributed by atoms with Crippen LogP contribution < -0.4 is 5.32 Å². The van der Waals surface area contributed by atoms with Crippen LogP contribution in [-0.2, 0) is 4.79 Å². The van der Waals surface area contributed by atoms with Crippen LogP contribution in [0.5, 0.6) is 0 Å². The fourth-order valence-electron chi connectivity index (χ4n) is 1.98. The molecule has 0 bridgehead atoms. The Balaban J connectivity index is 2.49. The van der Waals surface area contributed by atoms with Gasteiger partial charge in [-0.15, -0.1) is 0 Å². The van der Waals surface area contributed by atoms with Crippen LogP contribution in [0.15, 0.2) is 4.99 Å². The molecule has 1 amide bonds. The largest absolute Gasteiger partial charge is 0.352 e. The van der Waals surface area contributed by atoms with Crippen LogP contribution in [0, 0.1) is 0 Å². The Morgan fingerprint density at radius 3 is 2.71 bits per heavy atom. The number of amides is 1. The van der Waals surface area contributed by atoms with Crippen molar-refractivity contribution < 1.29 is 4.79 Å². The Kier molecular flexibility index (Phi) is 5.25. The van der Waals surface area contributed by atoms with Gasteiger partial charge in [0, 0.05) is 46.2 Å². The standard InChI is InChI=1S/C12H24N4O/c1-5-11(17)16-8-7-10(9-16)14-12(13-6-2)15(3)4/h10H,5-9H2,1-4H3,(H,13,14). The van der Waals surface area contributed by atoms with E-state index in [9.17, 15) is 4.79 Å².